The van der Waals surface area contributed by atoms with E-state index >= 15 is 0 Å². The van der Waals surface area contributed by atoms with Crippen LogP contribution in [0.4, 0.5) is 0 Å². The summed E-state index contributed by atoms with van der Waals surface area (Å²) >= 11 is 7.42. The Bertz CT molecular complexity index is 3170. The SMILES string of the molecule is Cc1cc(-c2nc(C34c5ccccc5C(c5ccccc53)C3(c5nc(-c6cc(C)sc6C)c(-c6cc(C)sc6C)[nH]5)c5ccccc5C4c4ccccc43)[nH]c2-c2cc(C)sc2C)c(C)s1. The minimum atomic E-state index is -0.733. The predicted octanol–water partition coefficient (Wildman–Crippen LogP) is 15.8. The average molecular weight is 929 g/mol. The van der Waals surface area contributed by atoms with Crippen LogP contribution >= 0.6 is 45.3 Å². The van der Waals surface area contributed by atoms with E-state index in [0.29, 0.717) is 0 Å². The Kier molecular flexibility index (Phi) is 8.75. The lowest BCUT2D eigenvalue weighted by Crippen LogP contribution is -2.54. The van der Waals surface area contributed by atoms with Crippen LogP contribution in [0.25, 0.3) is 45.0 Å². The summed E-state index contributed by atoms with van der Waals surface area (Å²) < 4.78 is 0. The quantitative estimate of drug-likeness (QED) is 0.175. The number of aryl methyl sites for hydroxylation is 8. The van der Waals surface area contributed by atoms with Crippen LogP contribution in [0.5, 0.6) is 0 Å². The monoisotopic (exact) mass is 928 g/mol. The second-order valence-electron chi connectivity index (χ2n) is 18.8. The summed E-state index contributed by atoms with van der Waals surface area (Å²) in [6, 6.07) is 46.8. The van der Waals surface area contributed by atoms with Crippen molar-refractivity contribution < 1.29 is 0 Å². The Labute approximate surface area is 402 Å². The van der Waals surface area contributed by atoms with Crippen LogP contribution in [0.15, 0.2) is 121 Å². The second-order valence-corrected chi connectivity index (χ2v) is 24.6. The highest BCUT2D eigenvalue weighted by Gasteiger charge is 2.65. The van der Waals surface area contributed by atoms with Crippen LogP contribution in [-0.2, 0) is 10.8 Å². The van der Waals surface area contributed by atoms with Crippen molar-refractivity contribution in [1.82, 2.24) is 19.9 Å². The van der Waals surface area contributed by atoms with Crippen LogP contribution in [-0.4, -0.2) is 19.9 Å². The zero-order valence-electron chi connectivity index (χ0n) is 38.2. The molecule has 4 aromatic carbocycles. The van der Waals surface area contributed by atoms with Gasteiger partial charge < -0.3 is 9.97 Å². The van der Waals surface area contributed by atoms with E-state index in [1.807, 2.05) is 45.3 Å². The van der Waals surface area contributed by atoms with Crippen molar-refractivity contribution in [2.45, 2.75) is 78.1 Å². The van der Waals surface area contributed by atoms with Crippen LogP contribution in [0.3, 0.4) is 0 Å². The summed E-state index contributed by atoms with van der Waals surface area (Å²) in [5, 5.41) is 0. The third-order valence-electron chi connectivity index (χ3n) is 15.0. The fraction of sp³-hybridized carbons (Fsp3) is 0.207. The number of nitrogens with one attached hydrogen (secondary N) is 2. The van der Waals surface area contributed by atoms with Crippen molar-refractivity contribution in [3.05, 3.63) is 217 Å². The predicted molar refractivity (Wildman–Crippen MR) is 278 cm³/mol. The first-order valence-electron chi connectivity index (χ1n) is 22.9. The van der Waals surface area contributed by atoms with E-state index in [-0.39, 0.29) is 11.8 Å². The molecule has 16 rings (SSSR count). The summed E-state index contributed by atoms with van der Waals surface area (Å²) in [6.07, 6.45) is 0. The molecule has 2 N–H and O–H groups in total. The number of benzene rings is 4. The lowest BCUT2D eigenvalue weighted by atomic mass is 9.42. The number of aromatic nitrogens is 4. The molecule has 6 aromatic heterocycles. The van der Waals surface area contributed by atoms with Gasteiger partial charge in [0.1, 0.15) is 11.6 Å². The third kappa shape index (κ3) is 5.24. The molecular weight excluding hydrogens is 881 g/mol. The van der Waals surface area contributed by atoms with E-state index < -0.39 is 10.8 Å². The first-order chi connectivity index (χ1) is 32.0. The largest absolute Gasteiger partial charge is 0.340 e. The summed E-state index contributed by atoms with van der Waals surface area (Å²) in [6.45, 7) is 17.9. The van der Waals surface area contributed by atoms with E-state index in [1.54, 1.807) is 0 Å². The molecule has 4 nitrogen and oxygen atoms in total. The van der Waals surface area contributed by atoms with Gasteiger partial charge in [0.05, 0.1) is 33.6 Å². The topological polar surface area (TPSA) is 57.4 Å². The minimum absolute atomic E-state index is 0.138. The van der Waals surface area contributed by atoms with Crippen LogP contribution in [0.1, 0.15) is 107 Å². The first kappa shape index (κ1) is 40.4. The van der Waals surface area contributed by atoms with Crippen molar-refractivity contribution in [1.29, 1.82) is 0 Å². The zero-order chi connectivity index (χ0) is 45.0. The molecule has 8 heteroatoms. The molecule has 0 aliphatic heterocycles. The highest BCUT2D eigenvalue weighted by Crippen LogP contribution is 2.71. The molecule has 10 aromatic rings. The number of thiophene rings is 4. The minimum Gasteiger partial charge on any atom is -0.340 e. The highest BCUT2D eigenvalue weighted by molar-refractivity contribution is 7.13. The van der Waals surface area contributed by atoms with Crippen molar-refractivity contribution in [3.8, 4) is 45.0 Å². The molecule has 0 amide bonds. The van der Waals surface area contributed by atoms with Gasteiger partial charge >= 0.3 is 0 Å². The van der Waals surface area contributed by atoms with Crippen LogP contribution < -0.4 is 0 Å². The van der Waals surface area contributed by atoms with Gasteiger partial charge in [-0.3, -0.25) is 0 Å². The van der Waals surface area contributed by atoms with Gasteiger partial charge in [0, 0.05) is 73.1 Å². The molecule has 66 heavy (non-hydrogen) atoms. The number of rotatable bonds is 6. The molecule has 324 valence electrons. The summed E-state index contributed by atoms with van der Waals surface area (Å²) in [5.41, 5.74) is 18.1. The molecule has 6 heterocycles. The van der Waals surface area contributed by atoms with Gasteiger partial charge in [-0.25, -0.2) is 9.97 Å². The molecule has 0 atom stereocenters. The number of imidazole rings is 2. The van der Waals surface area contributed by atoms with Gasteiger partial charge in [0.15, 0.2) is 0 Å². The van der Waals surface area contributed by atoms with E-state index in [2.05, 4.69) is 187 Å². The van der Waals surface area contributed by atoms with Gasteiger partial charge in [-0.2, -0.15) is 0 Å². The molecule has 0 radical (unpaired) electrons. The lowest BCUT2D eigenvalue weighted by Gasteiger charge is -2.59. The van der Waals surface area contributed by atoms with Gasteiger partial charge in [0.2, 0.25) is 0 Å². The number of nitrogens with zero attached hydrogens (tertiary/aromatic N) is 2. The maximum absolute atomic E-state index is 6.02. The summed E-state index contributed by atoms with van der Waals surface area (Å²) in [4.78, 5) is 30.9. The van der Waals surface area contributed by atoms with Crippen LogP contribution in [0, 0.1) is 55.4 Å². The number of hydrogen-bond donors (Lipinski definition) is 2. The fourth-order valence-corrected chi connectivity index (χ4v) is 16.5. The van der Waals surface area contributed by atoms with E-state index in [9.17, 15) is 0 Å². The summed E-state index contributed by atoms with van der Waals surface area (Å²) in [7, 11) is 0. The van der Waals surface area contributed by atoms with Gasteiger partial charge in [-0.1, -0.05) is 97.1 Å². The molecule has 0 saturated heterocycles. The molecule has 0 saturated carbocycles. The van der Waals surface area contributed by atoms with E-state index in [1.165, 1.54) is 106 Å². The Balaban J connectivity index is 1.20. The maximum atomic E-state index is 6.02. The Hall–Kier alpha value is -5.90. The Morgan fingerprint density at radius 2 is 0.652 bits per heavy atom. The Morgan fingerprint density at radius 1 is 0.379 bits per heavy atom. The van der Waals surface area contributed by atoms with Crippen LogP contribution in [0.2, 0.25) is 0 Å². The highest BCUT2D eigenvalue weighted by atomic mass is 32.1. The molecule has 6 aliphatic rings. The summed E-state index contributed by atoms with van der Waals surface area (Å²) in [5.74, 6) is 1.69. The number of H-pyrrole nitrogens is 2. The van der Waals surface area contributed by atoms with Crippen molar-refractivity contribution >= 4 is 45.3 Å². The van der Waals surface area contributed by atoms with Crippen molar-refractivity contribution in [2.75, 3.05) is 0 Å². The van der Waals surface area contributed by atoms with Crippen molar-refractivity contribution in [2.24, 2.45) is 0 Å². The molecule has 0 unspecified atom stereocenters. The second kappa shape index (κ2) is 14.3. The molecular formula is C58H48N4S4. The molecule has 4 bridgehead atoms. The third-order valence-corrected chi connectivity index (χ3v) is 18.9. The zero-order valence-corrected chi connectivity index (χ0v) is 41.5. The van der Waals surface area contributed by atoms with Gasteiger partial charge in [-0.15, -0.1) is 45.3 Å². The average Bonchev–Trinajstić information content (AvgIpc) is 4.17. The van der Waals surface area contributed by atoms with E-state index in [4.69, 9.17) is 9.97 Å². The maximum Gasteiger partial charge on any atom is 0.123 e. The number of aromatic amines is 2. The molecule has 0 fully saturated rings. The first-order valence-corrected chi connectivity index (χ1v) is 26.1. The van der Waals surface area contributed by atoms with Crippen molar-refractivity contribution in [3.63, 3.8) is 0 Å². The van der Waals surface area contributed by atoms with Gasteiger partial charge in [-0.05, 0) is 124 Å². The lowest BCUT2D eigenvalue weighted by molar-refractivity contribution is 0.378. The fourth-order valence-electron chi connectivity index (χ4n) is 12.8. The number of hydrogen-bond acceptors (Lipinski definition) is 6. The smallest absolute Gasteiger partial charge is 0.123 e. The molecule has 6 aliphatic carbocycles. The van der Waals surface area contributed by atoms with E-state index in [0.717, 1.165) is 34.4 Å². The van der Waals surface area contributed by atoms with Gasteiger partial charge in [0.25, 0.3) is 0 Å². The normalized spacial score (nSPS) is 19.9. The standard InChI is InChI=1S/C58H48N4S4/c1-29-25-41(33(5)63-29)51-52(42-26-30(2)64-34(42)6)60-55(59-51)57-45-21-13-9-17-37(45)50(38-18-10-14-22-46(38)57)58(47-23-15-11-19-39(47)49(57)40-20-12-16-24-48(40)58)56-61-53(43-27-31(3)65-35(43)7)54(62-56)44-28-32(4)66-36(44)8/h9-28,49-50H,1-8H3,(H,59,60)(H,61,62). The Morgan fingerprint density at radius 3 is 0.924 bits per heavy atom. The molecule has 0 spiro atoms.